The van der Waals surface area contributed by atoms with Gasteiger partial charge >= 0.3 is 61.0 Å². The third-order valence-electron chi connectivity index (χ3n) is 13.9. The van der Waals surface area contributed by atoms with Crippen molar-refractivity contribution in [1.29, 1.82) is 0 Å². The Hall–Kier alpha value is -7.50. The van der Waals surface area contributed by atoms with Gasteiger partial charge < -0.3 is 75.9 Å². The van der Waals surface area contributed by atoms with Crippen LogP contribution < -0.4 is 37.3 Å². The first-order valence-electron chi connectivity index (χ1n) is 34.4. The Morgan fingerprint density at radius 3 is 1.42 bits per heavy atom. The number of carboxylic acid groups (broad SMARTS) is 5. The zero-order valence-corrected chi connectivity index (χ0v) is 70.3. The molecular formula is C74H114Cl3N5O25P2. The summed E-state index contributed by atoms with van der Waals surface area (Å²) < 4.78 is 55.4. The molecule has 1 aliphatic rings. The minimum absolute atomic E-state index is 0.0340. The summed E-state index contributed by atoms with van der Waals surface area (Å²) in [5, 5.41) is 59.1. The number of hydrogen-bond donors (Lipinski definition) is 11. The smallest absolute Gasteiger partial charge is 0.407 e. The molecule has 0 saturated carbocycles. The van der Waals surface area contributed by atoms with E-state index in [1.54, 1.807) is 123 Å². The van der Waals surface area contributed by atoms with E-state index in [1.165, 1.54) is 32.9 Å². The average molecular weight is 1640 g/mol. The second-order valence-corrected chi connectivity index (χ2v) is 39.8. The standard InChI is InChI=1S/C23H30NO9P.C18H17NO4.C12H22N2O5.C9H17NO4.C4H9Cl2OP.C4H9ClO.C4H10O/c1-13-10-21(28)32-19-12-16(7-8-17(13)19)33-34(31,23(3,4)5)24-14(2)18(25)11-15(22(29)30)6-9-20(26)27;1-11(17(20)21)19-18(22)23-10-16-14-8-4-2-6-12(14)13-7-3-5-9-15(13)16;1-7(13)10(17)14-8(5-6-9(15)16)11(18)19-12(2,3)4;1-9(2,3)14-8(13)6(10)4-5-7(11)12;1-4(2,3)8(5,6)7;1-4(2,3)6-5;1-4(2,3)5/h7-8,10,12,14-15H,6,9,11H2,1-5H3,(H,24,31)(H,26,27)(H,29,30);2-9,11,16H,10H2,1H3,(H,19,22)(H,20,21);7-8H,5-6,13H2,1-4H3,(H,14,17)(H,15,16);6H,4-5,10H2,1-3H3,(H,11,12);1-3H3;1-3H3;5H,1-3H3/t14-,15+,34?;;7-,8-;6-;;;/m0.00.../s1. The van der Waals surface area contributed by atoms with Gasteiger partial charge in [0.15, 0.2) is 5.78 Å². The molecule has 1 aromatic heterocycles. The molecule has 2 amide bonds. The largest absolute Gasteiger partial charge is 0.481 e. The summed E-state index contributed by atoms with van der Waals surface area (Å²) in [7, 11) is -3.77. The van der Waals surface area contributed by atoms with Crippen LogP contribution in [0.4, 0.5) is 4.79 Å². The number of nitrogens with two attached hydrogens (primary N) is 2. The summed E-state index contributed by atoms with van der Waals surface area (Å²) >= 11 is 15.6. The van der Waals surface area contributed by atoms with E-state index in [1.807, 2.05) is 57.2 Å². The number of benzene rings is 3. The number of esters is 2. The molecule has 3 aromatic carbocycles. The van der Waals surface area contributed by atoms with E-state index in [2.05, 4.69) is 32.1 Å². The first-order valence-corrected chi connectivity index (χ1v) is 39.9. The Morgan fingerprint density at radius 2 is 1.03 bits per heavy atom. The van der Waals surface area contributed by atoms with Crippen LogP contribution in [0.2, 0.25) is 0 Å². The molecule has 35 heteroatoms. The van der Waals surface area contributed by atoms with Crippen LogP contribution in [0.25, 0.3) is 22.1 Å². The highest BCUT2D eigenvalue weighted by atomic mass is 35.9. The van der Waals surface area contributed by atoms with Crippen molar-refractivity contribution in [3.8, 4) is 16.9 Å². The molecule has 1 aliphatic carbocycles. The lowest BCUT2D eigenvalue weighted by Gasteiger charge is -2.33. The number of ether oxygens (including phenoxy) is 3. The second-order valence-electron chi connectivity index (χ2n) is 31.1. The predicted octanol–water partition coefficient (Wildman–Crippen LogP) is 13.7. The van der Waals surface area contributed by atoms with Crippen LogP contribution in [0.1, 0.15) is 213 Å². The molecule has 0 spiro atoms. The van der Waals surface area contributed by atoms with E-state index >= 15 is 0 Å². The maximum atomic E-state index is 13.9. The lowest BCUT2D eigenvalue weighted by atomic mass is 9.95. The summed E-state index contributed by atoms with van der Waals surface area (Å²) in [4.78, 5) is 124. The monoisotopic (exact) mass is 1640 g/mol. The molecule has 4 aromatic rings. The molecule has 7 atom stereocenters. The van der Waals surface area contributed by atoms with Crippen LogP contribution in [0.5, 0.6) is 5.75 Å². The number of fused-ring (bicyclic) bond motifs is 4. The van der Waals surface area contributed by atoms with Crippen LogP contribution >= 0.6 is 47.7 Å². The zero-order valence-electron chi connectivity index (χ0n) is 66.2. The van der Waals surface area contributed by atoms with Gasteiger partial charge in [0.1, 0.15) is 47.3 Å². The van der Waals surface area contributed by atoms with E-state index in [4.69, 9.17) is 94.5 Å². The number of Topliss-reactive ketones (excluding diaryl/α,β-unsaturated/α-hetero) is 1. The number of amides is 2. The van der Waals surface area contributed by atoms with Gasteiger partial charge in [0.25, 0.3) is 5.85 Å². The maximum absolute atomic E-state index is 13.9. The Balaban J connectivity index is 0. The second kappa shape index (κ2) is 45.7. The molecule has 0 aliphatic heterocycles. The fraction of sp³-hybridized carbons (Fsp3) is 0.581. The van der Waals surface area contributed by atoms with Gasteiger partial charge in [-0.05, 0) is 213 Å². The van der Waals surface area contributed by atoms with Crippen LogP contribution in [0.15, 0.2) is 82.0 Å². The molecule has 0 saturated heterocycles. The predicted molar refractivity (Wildman–Crippen MR) is 417 cm³/mol. The number of nitrogens with one attached hydrogen (secondary N) is 3. The summed E-state index contributed by atoms with van der Waals surface area (Å²) in [5.74, 6) is -11.8. The van der Waals surface area contributed by atoms with Crippen LogP contribution in [0, 0.1) is 12.8 Å². The van der Waals surface area contributed by atoms with E-state index in [-0.39, 0.29) is 68.0 Å². The molecule has 2 unspecified atom stereocenters. The third-order valence-corrected chi connectivity index (χ3v) is 21.9. The van der Waals surface area contributed by atoms with Crippen molar-refractivity contribution in [2.24, 2.45) is 17.4 Å². The van der Waals surface area contributed by atoms with Gasteiger partial charge in [-0.15, -0.1) is 0 Å². The molecule has 5 rings (SSSR count). The van der Waals surface area contributed by atoms with Crippen LogP contribution in [-0.2, 0) is 70.8 Å². The summed E-state index contributed by atoms with van der Waals surface area (Å²) in [6, 6.07) is 17.5. The minimum atomic E-state index is -3.77. The molecule has 0 bridgehead atoms. The van der Waals surface area contributed by atoms with Crippen molar-refractivity contribution in [2.45, 2.75) is 266 Å². The summed E-state index contributed by atoms with van der Waals surface area (Å²) in [6.45, 7) is 37.6. The Kier molecular flexibility index (Phi) is 43.4. The highest BCUT2D eigenvalue weighted by Gasteiger charge is 2.43. The van der Waals surface area contributed by atoms with Gasteiger partial charge in [-0.1, -0.05) is 69.3 Å². The van der Waals surface area contributed by atoms with Gasteiger partial charge in [-0.2, -0.15) is 0 Å². The maximum Gasteiger partial charge on any atom is 0.407 e. The van der Waals surface area contributed by atoms with E-state index in [9.17, 15) is 67.0 Å². The minimum Gasteiger partial charge on any atom is -0.481 e. The molecule has 30 nitrogen and oxygen atoms in total. The number of aryl methyl sites for hydroxylation is 1. The molecule has 109 heavy (non-hydrogen) atoms. The Morgan fingerprint density at radius 1 is 0.596 bits per heavy atom. The average Bonchev–Trinajstić information content (AvgIpc) is 1.70. The number of ketones is 1. The van der Waals surface area contributed by atoms with Gasteiger partial charge in [0.2, 0.25) is 5.91 Å². The number of carbonyl (C=O) groups excluding carboxylic acids is 5. The van der Waals surface area contributed by atoms with Crippen molar-refractivity contribution in [3.05, 3.63) is 99.9 Å². The van der Waals surface area contributed by atoms with E-state index < -0.39 is 148 Å². The number of halogens is 3. The number of carbonyl (C=O) groups is 10. The Labute approximate surface area is 652 Å². The van der Waals surface area contributed by atoms with Gasteiger partial charge in [0, 0.05) is 54.3 Å². The van der Waals surface area contributed by atoms with Crippen LogP contribution in [-0.4, -0.2) is 160 Å². The molecule has 0 radical (unpaired) electrons. The fourth-order valence-electron chi connectivity index (χ4n) is 8.07. The normalized spacial score (nSPS) is 14.2. The quantitative estimate of drug-likeness (QED) is 0.0127. The number of aliphatic carboxylic acids is 5. The highest BCUT2D eigenvalue weighted by molar-refractivity contribution is 8.09. The number of carboxylic acids is 5. The number of aliphatic hydroxyl groups is 1. The number of rotatable bonds is 25. The number of hydrogen-bond acceptors (Lipinski definition) is 22. The highest BCUT2D eigenvalue weighted by Crippen LogP contribution is 2.66. The van der Waals surface area contributed by atoms with Gasteiger partial charge in [-0.25, -0.2) is 19.5 Å². The third kappa shape index (κ3) is 44.2. The molecular weight excluding hydrogens is 1530 g/mol. The van der Waals surface area contributed by atoms with Crippen molar-refractivity contribution in [3.63, 3.8) is 0 Å². The van der Waals surface area contributed by atoms with Crippen LogP contribution in [0.3, 0.4) is 0 Å². The number of alkyl carbamates (subject to hydrolysis) is 1. The van der Waals surface area contributed by atoms with Gasteiger partial charge in [0.05, 0.1) is 46.2 Å². The van der Waals surface area contributed by atoms with Gasteiger partial charge in [-0.3, -0.25) is 51.8 Å². The summed E-state index contributed by atoms with van der Waals surface area (Å²) in [6.07, 6.45) is -2.02. The van der Waals surface area contributed by atoms with Crippen molar-refractivity contribution in [1.82, 2.24) is 15.7 Å². The zero-order chi connectivity index (χ0) is 85.5. The van der Waals surface area contributed by atoms with Crippen molar-refractivity contribution >= 4 is 118 Å². The van der Waals surface area contributed by atoms with E-state index in [0.29, 0.717) is 10.9 Å². The first kappa shape index (κ1) is 104. The van der Waals surface area contributed by atoms with Crippen molar-refractivity contribution < 1.29 is 115 Å². The molecule has 0 fully saturated rings. The lowest BCUT2D eigenvalue weighted by Crippen LogP contribution is -2.49. The topological polar surface area (TPSA) is 491 Å². The Bertz CT molecular complexity index is 3790. The van der Waals surface area contributed by atoms with Crippen molar-refractivity contribution in [2.75, 3.05) is 6.61 Å². The van der Waals surface area contributed by atoms with E-state index in [0.717, 1.165) is 22.3 Å². The first-order chi connectivity index (χ1) is 49.3. The SMILES string of the molecule is CC(C)(C)O.CC(C)(C)OC(=O)[C@@H](N)CCC(=O)O.CC(C)(C)OCl.CC(C)(C)P(=O)(Cl)Cl.CC(NC(=O)OCC1c2ccccc2-c2ccccc21)C(=O)O.C[C@H](N)C(=O)N[C@@H](CCC(=O)O)C(=O)OC(C)(C)C.Cc1cc(=O)oc2cc(OP(=O)(N[C@@H](C)C(=O)C[C@@H](CCC(=O)O)C(=O)O)C(C)(C)C)ccc12. The summed E-state index contributed by atoms with van der Waals surface area (Å²) in [5.41, 5.74) is 13.8. The molecule has 1 heterocycles. The molecule has 616 valence electrons. The lowest BCUT2D eigenvalue weighted by molar-refractivity contribution is -0.159. The molecule has 13 N–H and O–H groups in total. The fourth-order valence-corrected chi connectivity index (χ4v) is 9.85.